The standard InChI is InChI=1S/C10H6F16S/c11-5(12,13)1-3(7(17,18)9(21,22)23)27-4(2-6(14,15)16)8(19,20)10(24,25)26/h3-4H,1-2H2. The van der Waals surface area contributed by atoms with Crippen LogP contribution in [0.1, 0.15) is 12.8 Å². The molecule has 0 nitrogen and oxygen atoms in total. The van der Waals surface area contributed by atoms with E-state index in [4.69, 9.17) is 0 Å². The van der Waals surface area contributed by atoms with Crippen LogP contribution in [0, 0.1) is 0 Å². The second-order valence-corrected chi connectivity index (χ2v) is 6.40. The van der Waals surface area contributed by atoms with Crippen molar-refractivity contribution in [1.82, 2.24) is 0 Å². The molecule has 0 aliphatic heterocycles. The van der Waals surface area contributed by atoms with Gasteiger partial charge < -0.3 is 0 Å². The minimum atomic E-state index is -6.85. The lowest BCUT2D eigenvalue weighted by Gasteiger charge is -2.35. The van der Waals surface area contributed by atoms with E-state index in [9.17, 15) is 70.2 Å². The second kappa shape index (κ2) is 7.57. The summed E-state index contributed by atoms with van der Waals surface area (Å²) in [5.74, 6) is -13.0. The van der Waals surface area contributed by atoms with E-state index in [2.05, 4.69) is 0 Å². The fraction of sp³-hybridized carbons (Fsp3) is 1.00. The summed E-state index contributed by atoms with van der Waals surface area (Å²) in [4.78, 5) is 0. The Morgan fingerprint density at radius 1 is 0.444 bits per heavy atom. The summed E-state index contributed by atoms with van der Waals surface area (Å²) in [5, 5.41) is -8.84. The van der Waals surface area contributed by atoms with E-state index >= 15 is 0 Å². The summed E-state index contributed by atoms with van der Waals surface area (Å²) >= 11 is -2.07. The molecule has 0 fully saturated rings. The predicted molar refractivity (Wildman–Crippen MR) is 58.5 cm³/mol. The maximum absolute atomic E-state index is 13.2. The number of thioether (sulfide) groups is 1. The summed E-state index contributed by atoms with van der Waals surface area (Å²) in [5.41, 5.74) is 0. The first-order valence-corrected chi connectivity index (χ1v) is 7.04. The molecule has 164 valence electrons. The normalized spacial score (nSPS) is 17.8. The molecule has 0 aromatic carbocycles. The molecule has 0 bridgehead atoms. The smallest absolute Gasteiger partial charge is 0.195 e. The van der Waals surface area contributed by atoms with Crippen molar-refractivity contribution in [2.24, 2.45) is 0 Å². The molecule has 0 saturated carbocycles. The topological polar surface area (TPSA) is 0 Å². The van der Waals surface area contributed by atoms with Gasteiger partial charge >= 0.3 is 36.6 Å². The van der Waals surface area contributed by atoms with E-state index in [1.54, 1.807) is 0 Å². The summed E-state index contributed by atoms with van der Waals surface area (Å²) in [6.07, 6.45) is -32.1. The van der Waals surface area contributed by atoms with Gasteiger partial charge in [-0.3, -0.25) is 0 Å². The maximum Gasteiger partial charge on any atom is 0.454 e. The molecule has 0 spiro atoms. The van der Waals surface area contributed by atoms with Crippen LogP contribution in [0.2, 0.25) is 0 Å². The summed E-state index contributed by atoms with van der Waals surface area (Å²) in [7, 11) is 0. The van der Waals surface area contributed by atoms with Gasteiger partial charge in [0.15, 0.2) is 0 Å². The molecule has 0 radical (unpaired) electrons. The van der Waals surface area contributed by atoms with E-state index in [1.165, 1.54) is 0 Å². The fourth-order valence-electron chi connectivity index (χ4n) is 1.51. The largest absolute Gasteiger partial charge is 0.454 e. The molecule has 0 rings (SSSR count). The monoisotopic (exact) mass is 462 g/mol. The third-order valence-corrected chi connectivity index (χ3v) is 4.31. The Morgan fingerprint density at radius 2 is 0.667 bits per heavy atom. The van der Waals surface area contributed by atoms with Crippen molar-refractivity contribution in [3.05, 3.63) is 0 Å². The molecule has 0 N–H and O–H groups in total. The van der Waals surface area contributed by atoms with Gasteiger partial charge in [-0.25, -0.2) is 0 Å². The van der Waals surface area contributed by atoms with E-state index in [-0.39, 0.29) is 0 Å². The lowest BCUT2D eigenvalue weighted by atomic mass is 10.1. The predicted octanol–water partition coefficient (Wildman–Crippen LogP) is 6.76. The Morgan fingerprint density at radius 3 is 0.815 bits per heavy atom. The first-order chi connectivity index (χ1) is 11.4. The number of alkyl halides is 16. The van der Waals surface area contributed by atoms with Gasteiger partial charge in [0.1, 0.15) is 0 Å². The van der Waals surface area contributed by atoms with Crippen LogP contribution in [0.5, 0.6) is 0 Å². The highest BCUT2D eigenvalue weighted by atomic mass is 32.2. The van der Waals surface area contributed by atoms with Crippen molar-refractivity contribution in [3.8, 4) is 0 Å². The van der Waals surface area contributed by atoms with Crippen LogP contribution in [0.3, 0.4) is 0 Å². The zero-order chi connectivity index (χ0) is 22.3. The Kier molecular flexibility index (Phi) is 7.36. The minimum absolute atomic E-state index is 2.07. The minimum Gasteiger partial charge on any atom is -0.195 e. The molecular weight excluding hydrogens is 456 g/mol. The van der Waals surface area contributed by atoms with Crippen LogP contribution >= 0.6 is 11.8 Å². The Bertz CT molecular complexity index is 435. The van der Waals surface area contributed by atoms with Gasteiger partial charge in [0, 0.05) is 0 Å². The summed E-state index contributed by atoms with van der Waals surface area (Å²) in [6, 6.07) is 0. The van der Waals surface area contributed by atoms with Crippen molar-refractivity contribution in [3.63, 3.8) is 0 Å². The van der Waals surface area contributed by atoms with Crippen molar-refractivity contribution in [2.75, 3.05) is 0 Å². The van der Waals surface area contributed by atoms with Crippen LogP contribution in [0.15, 0.2) is 0 Å². The molecule has 27 heavy (non-hydrogen) atoms. The van der Waals surface area contributed by atoms with Gasteiger partial charge in [-0.1, -0.05) is 0 Å². The molecule has 0 aromatic rings. The van der Waals surface area contributed by atoms with Gasteiger partial charge in [0.2, 0.25) is 0 Å². The average molecular weight is 462 g/mol. The Labute approximate surface area is 143 Å². The first-order valence-electron chi connectivity index (χ1n) is 6.10. The molecule has 0 heterocycles. The second-order valence-electron chi connectivity index (χ2n) is 4.99. The van der Waals surface area contributed by atoms with Crippen LogP contribution in [0.25, 0.3) is 0 Å². The zero-order valence-corrected chi connectivity index (χ0v) is 12.8. The SMILES string of the molecule is FC(F)(F)CC(SC(CC(F)(F)F)C(F)(F)C(F)(F)F)C(F)(F)C(F)(F)F. The molecule has 2 atom stereocenters. The fourth-order valence-corrected chi connectivity index (χ4v) is 3.08. The van der Waals surface area contributed by atoms with E-state index in [0.717, 1.165) is 0 Å². The van der Waals surface area contributed by atoms with E-state index in [0.29, 0.717) is 0 Å². The molecule has 0 saturated heterocycles. The number of hydrogen-bond donors (Lipinski definition) is 0. The van der Waals surface area contributed by atoms with Crippen LogP contribution in [0.4, 0.5) is 70.2 Å². The first kappa shape index (κ1) is 26.2. The van der Waals surface area contributed by atoms with Gasteiger partial charge in [-0.05, 0) is 0 Å². The van der Waals surface area contributed by atoms with Gasteiger partial charge in [0.25, 0.3) is 0 Å². The molecule has 0 aliphatic carbocycles. The highest BCUT2D eigenvalue weighted by Crippen LogP contribution is 2.53. The highest BCUT2D eigenvalue weighted by molar-refractivity contribution is 8.00. The van der Waals surface area contributed by atoms with E-state index in [1.807, 2.05) is 0 Å². The highest BCUT2D eigenvalue weighted by Gasteiger charge is 2.69. The maximum atomic E-state index is 13.2. The van der Waals surface area contributed by atoms with Crippen LogP contribution in [-0.2, 0) is 0 Å². The van der Waals surface area contributed by atoms with Crippen LogP contribution in [-0.4, -0.2) is 47.1 Å². The van der Waals surface area contributed by atoms with Gasteiger partial charge in [-0.15, -0.1) is 11.8 Å². The lowest BCUT2D eigenvalue weighted by Crippen LogP contribution is -2.52. The van der Waals surface area contributed by atoms with E-state index < -0.39 is 71.7 Å². The Balaban J connectivity index is 6.14. The van der Waals surface area contributed by atoms with Gasteiger partial charge in [0.05, 0.1) is 23.3 Å². The molecule has 0 aromatic heterocycles. The molecule has 2 unspecified atom stereocenters. The quantitative estimate of drug-likeness (QED) is 0.394. The van der Waals surface area contributed by atoms with Crippen molar-refractivity contribution in [2.45, 2.75) is 59.9 Å². The Hall–Kier alpha value is -0.770. The van der Waals surface area contributed by atoms with Crippen molar-refractivity contribution < 1.29 is 70.2 Å². The number of rotatable bonds is 6. The average Bonchev–Trinajstić information content (AvgIpc) is 2.30. The summed E-state index contributed by atoms with van der Waals surface area (Å²) < 4.78 is 199. The molecule has 0 aliphatic rings. The molecule has 17 heteroatoms. The molecular formula is C10H6F16S. The third kappa shape index (κ3) is 7.29. The van der Waals surface area contributed by atoms with Crippen molar-refractivity contribution >= 4 is 11.8 Å². The lowest BCUT2D eigenvalue weighted by molar-refractivity contribution is -0.291. The molecule has 0 amide bonds. The van der Waals surface area contributed by atoms with Crippen molar-refractivity contribution in [1.29, 1.82) is 0 Å². The number of hydrogen-bond acceptors (Lipinski definition) is 1. The summed E-state index contributed by atoms with van der Waals surface area (Å²) in [6.45, 7) is 0. The zero-order valence-electron chi connectivity index (χ0n) is 12.0. The van der Waals surface area contributed by atoms with Gasteiger partial charge in [-0.2, -0.15) is 70.2 Å². The third-order valence-electron chi connectivity index (χ3n) is 2.73. The number of halogens is 16. The van der Waals surface area contributed by atoms with Crippen LogP contribution < -0.4 is 0 Å².